The Bertz CT molecular complexity index is 1290. The molecule has 4 N–H and O–H groups in total. The number of carboxylic acids is 1. The number of nitrogens with one attached hydrogen (secondary N) is 1. The smallest absolute Gasteiger partial charge is 0.327 e. The molecule has 0 radical (unpaired) electrons. The van der Waals surface area contributed by atoms with Crippen LogP contribution in [0.3, 0.4) is 0 Å². The summed E-state index contributed by atoms with van der Waals surface area (Å²) in [5.74, 6) is -1.27. The van der Waals surface area contributed by atoms with Gasteiger partial charge in [0.2, 0.25) is 0 Å². The van der Waals surface area contributed by atoms with Crippen molar-refractivity contribution in [3.8, 4) is 6.01 Å². The van der Waals surface area contributed by atoms with Crippen molar-refractivity contribution in [3.63, 3.8) is 0 Å². The third-order valence-electron chi connectivity index (χ3n) is 5.57. The van der Waals surface area contributed by atoms with Crippen LogP contribution in [0.5, 0.6) is 6.01 Å². The molecule has 12 nitrogen and oxygen atoms in total. The van der Waals surface area contributed by atoms with E-state index in [-0.39, 0.29) is 49.5 Å². The van der Waals surface area contributed by atoms with Crippen molar-refractivity contribution in [2.24, 2.45) is 0 Å². The molecule has 200 valence electrons. The van der Waals surface area contributed by atoms with Crippen molar-refractivity contribution in [1.82, 2.24) is 24.4 Å². The number of amides is 1. The zero-order chi connectivity index (χ0) is 26.9. The van der Waals surface area contributed by atoms with Crippen molar-refractivity contribution in [2.45, 2.75) is 45.7 Å². The highest BCUT2D eigenvalue weighted by Crippen LogP contribution is 2.18. The number of benzene rings is 1. The Hall–Kier alpha value is -3.58. The van der Waals surface area contributed by atoms with Crippen molar-refractivity contribution in [3.05, 3.63) is 45.9 Å². The number of carboxylic acid groups (broad SMARTS) is 1. The Kier molecular flexibility index (Phi) is 9.92. The molecule has 0 spiro atoms. The standard InChI is InChI=1S/C24H32N6O6S/c1-3-4-11-36-23-27-21(25)20-22(28-23)30(24(34)26-20)10-6-9-29(18(31)15-37(2)35)14-17-8-5-7-16(12-17)13-19(32)33/h5,7-8,12H,3-4,6,9-11,13-15H2,1-2H3,(H,26,34)(H,32,33)(H2,25,27,28). The lowest BCUT2D eigenvalue weighted by Crippen LogP contribution is -2.36. The van der Waals surface area contributed by atoms with E-state index in [1.165, 1.54) is 10.8 Å². The van der Waals surface area contributed by atoms with Crippen LogP contribution in [0, 0.1) is 0 Å². The van der Waals surface area contributed by atoms with Gasteiger partial charge in [-0.1, -0.05) is 37.6 Å². The van der Waals surface area contributed by atoms with Gasteiger partial charge in [0.1, 0.15) is 5.52 Å². The van der Waals surface area contributed by atoms with Gasteiger partial charge in [0, 0.05) is 19.6 Å². The van der Waals surface area contributed by atoms with Crippen LogP contribution in [0.2, 0.25) is 0 Å². The summed E-state index contributed by atoms with van der Waals surface area (Å²) in [6, 6.07) is 7.08. The molecule has 0 saturated heterocycles. The molecule has 1 unspecified atom stereocenters. The second kappa shape index (κ2) is 13.1. The average Bonchev–Trinajstić information content (AvgIpc) is 3.14. The first-order chi connectivity index (χ1) is 17.7. The summed E-state index contributed by atoms with van der Waals surface area (Å²) in [4.78, 5) is 49.2. The fraction of sp³-hybridized carbons (Fsp3) is 0.458. The number of carbonyl (C=O) groups excluding carboxylic acids is 1. The SMILES string of the molecule is CCCCOc1nc(N)c2[nH]c(=O)n(CCCN(Cc3cccc(CC(=O)O)c3)C(=O)C[S+](C)[O-])c2n1. The predicted octanol–water partition coefficient (Wildman–Crippen LogP) is 1.31. The highest BCUT2D eigenvalue weighted by molar-refractivity contribution is 7.91. The number of hydrogen-bond acceptors (Lipinski definition) is 8. The number of carbonyl (C=O) groups is 2. The number of aromatic nitrogens is 4. The van der Waals surface area contributed by atoms with Crippen LogP contribution in [0.4, 0.5) is 5.82 Å². The number of nitrogens with two attached hydrogens (primary N) is 1. The second-order valence-electron chi connectivity index (χ2n) is 8.65. The predicted molar refractivity (Wildman–Crippen MR) is 140 cm³/mol. The van der Waals surface area contributed by atoms with Crippen molar-refractivity contribution in [2.75, 3.05) is 30.9 Å². The van der Waals surface area contributed by atoms with Crippen LogP contribution in [0.25, 0.3) is 11.2 Å². The average molecular weight is 533 g/mol. The van der Waals surface area contributed by atoms with Gasteiger partial charge in [0.25, 0.3) is 5.91 Å². The number of anilines is 1. The molecule has 2 heterocycles. The largest absolute Gasteiger partial charge is 0.616 e. The summed E-state index contributed by atoms with van der Waals surface area (Å²) in [5, 5.41) is 9.07. The molecular formula is C24H32N6O6S. The number of nitrogens with zero attached hydrogens (tertiary/aromatic N) is 4. The Morgan fingerprint density at radius 3 is 2.73 bits per heavy atom. The fourth-order valence-corrected chi connectivity index (χ4v) is 4.35. The molecule has 3 rings (SSSR count). The van der Waals surface area contributed by atoms with Gasteiger partial charge in [0.05, 0.1) is 19.3 Å². The van der Waals surface area contributed by atoms with Gasteiger partial charge in [-0.25, -0.2) is 4.79 Å². The van der Waals surface area contributed by atoms with E-state index < -0.39 is 22.8 Å². The minimum absolute atomic E-state index is 0.0923. The molecule has 2 aromatic heterocycles. The fourth-order valence-electron chi connectivity index (χ4n) is 3.82. The maximum atomic E-state index is 12.8. The van der Waals surface area contributed by atoms with E-state index in [0.717, 1.165) is 18.4 Å². The Morgan fingerprint density at radius 2 is 2.03 bits per heavy atom. The van der Waals surface area contributed by atoms with Crippen LogP contribution in [0.1, 0.15) is 37.3 Å². The van der Waals surface area contributed by atoms with Gasteiger partial charge in [-0.3, -0.25) is 14.2 Å². The molecule has 0 aliphatic heterocycles. The highest BCUT2D eigenvalue weighted by atomic mass is 32.2. The van der Waals surface area contributed by atoms with Gasteiger partial charge in [-0.2, -0.15) is 9.97 Å². The monoisotopic (exact) mass is 532 g/mol. The molecule has 0 aliphatic carbocycles. The first-order valence-electron chi connectivity index (χ1n) is 11.9. The topological polar surface area (TPSA) is 179 Å². The number of H-pyrrole nitrogens is 1. The van der Waals surface area contributed by atoms with Crippen molar-refractivity contribution in [1.29, 1.82) is 0 Å². The number of hydrogen-bond donors (Lipinski definition) is 3. The number of aromatic amines is 1. The van der Waals surface area contributed by atoms with E-state index in [4.69, 9.17) is 15.6 Å². The zero-order valence-electron chi connectivity index (χ0n) is 20.9. The van der Waals surface area contributed by atoms with E-state index >= 15 is 0 Å². The molecule has 0 fully saturated rings. The molecule has 1 amide bonds. The number of unbranched alkanes of at least 4 members (excludes halogenated alkanes) is 1. The summed E-state index contributed by atoms with van der Waals surface area (Å²) < 4.78 is 18.7. The Morgan fingerprint density at radius 1 is 1.27 bits per heavy atom. The lowest BCUT2D eigenvalue weighted by atomic mass is 10.1. The summed E-state index contributed by atoms with van der Waals surface area (Å²) in [6.45, 7) is 3.20. The molecule has 13 heteroatoms. The maximum Gasteiger partial charge on any atom is 0.327 e. The number of imidazole rings is 1. The van der Waals surface area contributed by atoms with Gasteiger partial charge in [-0.15, -0.1) is 0 Å². The second-order valence-corrected chi connectivity index (χ2v) is 10.1. The number of fused-ring (bicyclic) bond motifs is 1. The van der Waals surface area contributed by atoms with Crippen LogP contribution in [-0.4, -0.2) is 71.1 Å². The van der Waals surface area contributed by atoms with Crippen LogP contribution in [-0.2, 0) is 40.3 Å². The third-order valence-corrected chi connectivity index (χ3v) is 6.22. The normalized spacial score (nSPS) is 12.0. The van der Waals surface area contributed by atoms with E-state index in [1.807, 2.05) is 6.92 Å². The molecule has 0 aliphatic rings. The number of nitrogen functional groups attached to an aromatic ring is 1. The van der Waals surface area contributed by atoms with Crippen LogP contribution in [0.15, 0.2) is 29.1 Å². The molecule has 3 aromatic rings. The van der Waals surface area contributed by atoms with E-state index in [0.29, 0.717) is 29.8 Å². The van der Waals surface area contributed by atoms with Crippen LogP contribution < -0.4 is 16.2 Å². The molecule has 1 aromatic carbocycles. The Balaban J connectivity index is 1.76. The van der Waals surface area contributed by atoms with Gasteiger partial charge in [0.15, 0.2) is 17.2 Å². The molecule has 37 heavy (non-hydrogen) atoms. The number of rotatable bonds is 14. The van der Waals surface area contributed by atoms with Crippen molar-refractivity contribution >= 4 is 40.0 Å². The number of aliphatic carboxylic acids is 1. The molecule has 1 atom stereocenters. The molecule has 0 saturated carbocycles. The lowest BCUT2D eigenvalue weighted by molar-refractivity contribution is -0.136. The zero-order valence-corrected chi connectivity index (χ0v) is 21.8. The van der Waals surface area contributed by atoms with E-state index in [1.54, 1.807) is 29.2 Å². The lowest BCUT2D eigenvalue weighted by Gasteiger charge is -2.23. The first-order valence-corrected chi connectivity index (χ1v) is 13.7. The van der Waals surface area contributed by atoms with E-state index in [2.05, 4.69) is 15.0 Å². The number of aryl methyl sites for hydroxylation is 1. The van der Waals surface area contributed by atoms with Crippen LogP contribution >= 0.6 is 0 Å². The summed E-state index contributed by atoms with van der Waals surface area (Å²) in [5.41, 5.74) is 7.61. The number of ether oxygens (including phenoxy) is 1. The summed E-state index contributed by atoms with van der Waals surface area (Å²) >= 11 is -1.33. The molecule has 0 bridgehead atoms. The minimum Gasteiger partial charge on any atom is -0.616 e. The molecular weight excluding hydrogens is 500 g/mol. The minimum atomic E-state index is -1.33. The van der Waals surface area contributed by atoms with Gasteiger partial charge in [-0.05, 0) is 35.1 Å². The van der Waals surface area contributed by atoms with Gasteiger partial charge < -0.3 is 30.0 Å². The quantitative estimate of drug-likeness (QED) is 0.204. The first kappa shape index (κ1) is 28.0. The summed E-state index contributed by atoms with van der Waals surface area (Å²) in [6.07, 6.45) is 3.50. The van der Waals surface area contributed by atoms with Gasteiger partial charge >= 0.3 is 17.7 Å². The summed E-state index contributed by atoms with van der Waals surface area (Å²) in [7, 11) is 0. The Labute approximate surface area is 217 Å². The van der Waals surface area contributed by atoms with E-state index in [9.17, 15) is 18.9 Å². The van der Waals surface area contributed by atoms with Crippen molar-refractivity contribution < 1.29 is 24.0 Å². The third kappa shape index (κ3) is 7.95. The maximum absolute atomic E-state index is 12.8. The highest BCUT2D eigenvalue weighted by Gasteiger charge is 2.20.